The van der Waals surface area contributed by atoms with Crippen molar-refractivity contribution in [1.29, 1.82) is 0 Å². The maximum absolute atomic E-state index is 9.96. The summed E-state index contributed by atoms with van der Waals surface area (Å²) in [6.07, 6.45) is 0.938. The minimum Gasteiger partial charge on any atom is -0.303 e. The van der Waals surface area contributed by atoms with Crippen molar-refractivity contribution in [2.75, 3.05) is 0 Å². The first-order chi connectivity index (χ1) is 4.00. The molecule has 3 heteroatoms. The van der Waals surface area contributed by atoms with Crippen LogP contribution in [0.3, 0.4) is 0 Å². The molecule has 0 heterocycles. The maximum Gasteiger partial charge on any atom is 0.127 e. The zero-order valence-electron chi connectivity index (χ0n) is 5.53. The molecule has 0 aromatic carbocycles. The molecule has 0 N–H and O–H groups in total. The highest BCUT2D eigenvalue weighted by Gasteiger charge is 2.27. The quantitative estimate of drug-likeness (QED) is 0.468. The summed E-state index contributed by atoms with van der Waals surface area (Å²) in [5.41, 5.74) is 0. The van der Waals surface area contributed by atoms with Gasteiger partial charge in [-0.3, -0.25) is 0 Å². The second-order valence-electron chi connectivity index (χ2n) is 2.29. The maximum atomic E-state index is 9.96. The first kappa shape index (κ1) is 9.25. The minimum absolute atomic E-state index is 0.117. The molecule has 0 aliphatic carbocycles. The third-order valence-corrected chi connectivity index (χ3v) is 2.38. The van der Waals surface area contributed by atoms with E-state index in [0.29, 0.717) is 0 Å². The van der Waals surface area contributed by atoms with E-state index in [9.17, 15) is 4.79 Å². The van der Waals surface area contributed by atoms with Crippen LogP contribution in [0.25, 0.3) is 0 Å². The molecule has 0 bridgehead atoms. The van der Waals surface area contributed by atoms with Crippen LogP contribution in [0, 0.1) is 5.92 Å². The standard InChI is InChI=1S/C6H10Cl2O/c1-5(2)6(7,8)3-4-9/h4-5H,3H2,1-2H3. The number of alkyl halides is 2. The Balaban J connectivity index is 3.84. The molecule has 0 aromatic rings. The van der Waals surface area contributed by atoms with Gasteiger partial charge in [0.25, 0.3) is 0 Å². The lowest BCUT2D eigenvalue weighted by Gasteiger charge is -2.20. The topological polar surface area (TPSA) is 17.1 Å². The van der Waals surface area contributed by atoms with Gasteiger partial charge >= 0.3 is 0 Å². The molecule has 0 rings (SSSR count). The first-order valence-corrected chi connectivity index (χ1v) is 3.57. The summed E-state index contributed by atoms with van der Waals surface area (Å²) in [5, 5.41) is 0. The Bertz CT molecular complexity index is 99.2. The Hall–Kier alpha value is 0.250. The highest BCUT2D eigenvalue weighted by molar-refractivity contribution is 6.49. The van der Waals surface area contributed by atoms with Crippen LogP contribution in [-0.2, 0) is 4.79 Å². The van der Waals surface area contributed by atoms with E-state index in [0.717, 1.165) is 6.29 Å². The van der Waals surface area contributed by atoms with Gasteiger partial charge in [0.1, 0.15) is 10.6 Å². The van der Waals surface area contributed by atoms with E-state index < -0.39 is 4.33 Å². The van der Waals surface area contributed by atoms with E-state index >= 15 is 0 Å². The molecule has 0 amide bonds. The molecule has 9 heavy (non-hydrogen) atoms. The Morgan fingerprint density at radius 2 is 2.00 bits per heavy atom. The van der Waals surface area contributed by atoms with Gasteiger partial charge in [0.15, 0.2) is 0 Å². The van der Waals surface area contributed by atoms with Crippen LogP contribution >= 0.6 is 23.2 Å². The summed E-state index contributed by atoms with van der Waals surface area (Å²) in [4.78, 5) is 9.96. The molecule has 0 aromatic heterocycles. The Morgan fingerprint density at radius 1 is 1.56 bits per heavy atom. The number of carbonyl (C=O) groups excluding carboxylic acids is 1. The molecule has 0 atom stereocenters. The second-order valence-corrected chi connectivity index (χ2v) is 3.83. The van der Waals surface area contributed by atoms with E-state index in [-0.39, 0.29) is 12.3 Å². The molecule has 0 unspecified atom stereocenters. The predicted molar refractivity (Wildman–Crippen MR) is 40.0 cm³/mol. The van der Waals surface area contributed by atoms with E-state index in [4.69, 9.17) is 23.2 Å². The summed E-state index contributed by atoms with van der Waals surface area (Å²) in [7, 11) is 0. The van der Waals surface area contributed by atoms with Gasteiger partial charge in [-0.1, -0.05) is 13.8 Å². The first-order valence-electron chi connectivity index (χ1n) is 2.82. The van der Waals surface area contributed by atoms with Crippen LogP contribution in [0.15, 0.2) is 0 Å². The van der Waals surface area contributed by atoms with Crippen LogP contribution in [0.1, 0.15) is 20.3 Å². The average molecular weight is 169 g/mol. The fourth-order valence-electron chi connectivity index (χ4n) is 0.347. The van der Waals surface area contributed by atoms with Gasteiger partial charge in [0.2, 0.25) is 0 Å². The lowest BCUT2D eigenvalue weighted by atomic mass is 10.1. The zero-order chi connectivity index (χ0) is 7.49. The third-order valence-electron chi connectivity index (χ3n) is 1.20. The van der Waals surface area contributed by atoms with Crippen molar-refractivity contribution in [2.24, 2.45) is 5.92 Å². The smallest absolute Gasteiger partial charge is 0.127 e. The molecular weight excluding hydrogens is 159 g/mol. The SMILES string of the molecule is CC(C)C(Cl)(Cl)CC=O. The molecule has 0 aliphatic rings. The molecule has 0 fully saturated rings. The largest absolute Gasteiger partial charge is 0.303 e. The second kappa shape index (κ2) is 3.43. The number of rotatable bonds is 3. The molecule has 1 nitrogen and oxygen atoms in total. The third kappa shape index (κ3) is 3.07. The van der Waals surface area contributed by atoms with Gasteiger partial charge in [0, 0.05) is 6.42 Å². The van der Waals surface area contributed by atoms with Crippen molar-refractivity contribution < 1.29 is 4.79 Å². The lowest BCUT2D eigenvalue weighted by molar-refractivity contribution is -0.108. The van der Waals surface area contributed by atoms with Crippen molar-refractivity contribution in [3.8, 4) is 0 Å². The number of hydrogen-bond acceptors (Lipinski definition) is 1. The van der Waals surface area contributed by atoms with Gasteiger partial charge in [0.05, 0.1) is 0 Å². The summed E-state index contributed by atoms with van der Waals surface area (Å²) >= 11 is 11.4. The Labute approximate surface area is 65.3 Å². The molecule has 0 spiro atoms. The van der Waals surface area contributed by atoms with Crippen molar-refractivity contribution in [2.45, 2.75) is 24.6 Å². The number of halogens is 2. The number of hydrogen-bond donors (Lipinski definition) is 0. The van der Waals surface area contributed by atoms with Crippen molar-refractivity contribution in [3.05, 3.63) is 0 Å². The monoisotopic (exact) mass is 168 g/mol. The summed E-state index contributed by atoms with van der Waals surface area (Å²) in [6, 6.07) is 0. The van der Waals surface area contributed by atoms with Gasteiger partial charge in [-0.05, 0) is 5.92 Å². The van der Waals surface area contributed by atoms with Gasteiger partial charge in [-0.15, -0.1) is 23.2 Å². The van der Waals surface area contributed by atoms with Crippen molar-refractivity contribution in [3.63, 3.8) is 0 Å². The highest BCUT2D eigenvalue weighted by Crippen LogP contribution is 2.32. The lowest BCUT2D eigenvalue weighted by Crippen LogP contribution is -2.20. The average Bonchev–Trinajstić information content (AvgIpc) is 1.65. The van der Waals surface area contributed by atoms with Crippen molar-refractivity contribution in [1.82, 2.24) is 0 Å². The van der Waals surface area contributed by atoms with Crippen LogP contribution < -0.4 is 0 Å². The molecule has 0 aliphatic heterocycles. The van der Waals surface area contributed by atoms with Crippen LogP contribution in [0.2, 0.25) is 0 Å². The molecule has 0 saturated carbocycles. The molecule has 54 valence electrons. The highest BCUT2D eigenvalue weighted by atomic mass is 35.5. The number of aldehydes is 1. The van der Waals surface area contributed by atoms with Crippen molar-refractivity contribution >= 4 is 29.5 Å². The summed E-state index contributed by atoms with van der Waals surface area (Å²) < 4.78 is -0.873. The summed E-state index contributed by atoms with van der Waals surface area (Å²) in [6.45, 7) is 3.76. The Kier molecular flexibility index (Phi) is 3.52. The normalized spacial score (nSPS) is 12.1. The molecular formula is C6H10Cl2O. The van der Waals surface area contributed by atoms with Gasteiger partial charge in [-0.25, -0.2) is 0 Å². The molecule has 0 saturated heterocycles. The van der Waals surface area contributed by atoms with E-state index in [1.54, 1.807) is 0 Å². The van der Waals surface area contributed by atoms with E-state index in [1.807, 2.05) is 13.8 Å². The Morgan fingerprint density at radius 3 is 2.11 bits per heavy atom. The van der Waals surface area contributed by atoms with Gasteiger partial charge in [-0.2, -0.15) is 0 Å². The minimum atomic E-state index is -0.873. The summed E-state index contributed by atoms with van der Waals surface area (Å²) in [5.74, 6) is 0.117. The van der Waals surface area contributed by atoms with Crippen LogP contribution in [0.4, 0.5) is 0 Å². The zero-order valence-corrected chi connectivity index (χ0v) is 7.04. The fraction of sp³-hybridized carbons (Fsp3) is 0.833. The predicted octanol–water partition coefficient (Wildman–Crippen LogP) is 2.41. The molecule has 0 radical (unpaired) electrons. The van der Waals surface area contributed by atoms with Crippen LogP contribution in [0.5, 0.6) is 0 Å². The van der Waals surface area contributed by atoms with E-state index in [2.05, 4.69) is 0 Å². The van der Waals surface area contributed by atoms with Gasteiger partial charge < -0.3 is 4.79 Å². The number of carbonyl (C=O) groups is 1. The fourth-order valence-corrected chi connectivity index (χ4v) is 0.473. The van der Waals surface area contributed by atoms with Crippen LogP contribution in [-0.4, -0.2) is 10.6 Å². The van der Waals surface area contributed by atoms with E-state index in [1.165, 1.54) is 0 Å².